The van der Waals surface area contributed by atoms with Gasteiger partial charge in [0.25, 0.3) is 0 Å². The minimum atomic E-state index is 0.163. The van der Waals surface area contributed by atoms with Crippen LogP contribution in [0.4, 0.5) is 0 Å². The monoisotopic (exact) mass is 247 g/mol. The van der Waals surface area contributed by atoms with E-state index in [1.54, 1.807) is 0 Å². The van der Waals surface area contributed by atoms with Crippen molar-refractivity contribution in [2.75, 3.05) is 6.54 Å². The second-order valence-electron chi connectivity index (χ2n) is 5.59. The summed E-state index contributed by atoms with van der Waals surface area (Å²) in [6, 6.07) is 4.56. The summed E-state index contributed by atoms with van der Waals surface area (Å²) in [5.74, 6) is 0.482. The van der Waals surface area contributed by atoms with E-state index in [0.29, 0.717) is 5.91 Å². The van der Waals surface area contributed by atoms with Gasteiger partial charge in [-0.2, -0.15) is 0 Å². The molecule has 1 aromatic rings. The van der Waals surface area contributed by atoms with Gasteiger partial charge in [0.2, 0.25) is 5.91 Å². The summed E-state index contributed by atoms with van der Waals surface area (Å²) in [7, 11) is 0. The van der Waals surface area contributed by atoms with E-state index in [4.69, 9.17) is 5.73 Å². The molecule has 0 bridgehead atoms. The molecule has 1 aromatic heterocycles. The fraction of sp³-hybridized carbons (Fsp3) is 0.643. The van der Waals surface area contributed by atoms with E-state index in [0.717, 1.165) is 38.6 Å². The van der Waals surface area contributed by atoms with E-state index in [1.165, 1.54) is 5.69 Å². The van der Waals surface area contributed by atoms with Gasteiger partial charge >= 0.3 is 0 Å². The van der Waals surface area contributed by atoms with Crippen LogP contribution < -0.4 is 5.73 Å². The normalized spacial score (nSPS) is 32.1. The fourth-order valence-corrected chi connectivity index (χ4v) is 3.38. The van der Waals surface area contributed by atoms with Crippen molar-refractivity contribution >= 4 is 5.91 Å². The van der Waals surface area contributed by atoms with E-state index in [1.807, 2.05) is 12.3 Å². The van der Waals surface area contributed by atoms with E-state index in [2.05, 4.69) is 16.0 Å². The highest BCUT2D eigenvalue weighted by Gasteiger charge is 2.36. The van der Waals surface area contributed by atoms with Gasteiger partial charge < -0.3 is 15.6 Å². The Balaban J connectivity index is 1.73. The SMILES string of the molecule is NC1CCC(C(=O)N2CCCC2c2ccc[nH]2)C1. The average molecular weight is 247 g/mol. The Bertz CT molecular complexity index is 415. The van der Waals surface area contributed by atoms with Crippen LogP contribution in [0.2, 0.25) is 0 Å². The van der Waals surface area contributed by atoms with Crippen LogP contribution in [0.3, 0.4) is 0 Å². The van der Waals surface area contributed by atoms with Gasteiger partial charge in [0.1, 0.15) is 0 Å². The van der Waals surface area contributed by atoms with Crippen molar-refractivity contribution in [3.63, 3.8) is 0 Å². The summed E-state index contributed by atoms with van der Waals surface area (Å²) < 4.78 is 0. The molecule has 4 heteroatoms. The lowest BCUT2D eigenvalue weighted by atomic mass is 10.0. The van der Waals surface area contributed by atoms with Crippen molar-refractivity contribution in [3.05, 3.63) is 24.0 Å². The summed E-state index contributed by atoms with van der Waals surface area (Å²) in [4.78, 5) is 17.9. The number of nitrogens with zero attached hydrogens (tertiary/aromatic N) is 1. The number of amides is 1. The highest BCUT2D eigenvalue weighted by molar-refractivity contribution is 5.80. The van der Waals surface area contributed by atoms with E-state index in [-0.39, 0.29) is 18.0 Å². The Hall–Kier alpha value is -1.29. The van der Waals surface area contributed by atoms with Gasteiger partial charge in [-0.25, -0.2) is 0 Å². The smallest absolute Gasteiger partial charge is 0.226 e. The van der Waals surface area contributed by atoms with Gasteiger partial charge in [0, 0.05) is 30.4 Å². The van der Waals surface area contributed by atoms with Crippen LogP contribution >= 0.6 is 0 Å². The molecule has 1 aliphatic carbocycles. The topological polar surface area (TPSA) is 62.1 Å². The average Bonchev–Trinajstić information content (AvgIpc) is 3.08. The molecule has 1 saturated heterocycles. The Labute approximate surface area is 108 Å². The molecule has 18 heavy (non-hydrogen) atoms. The maximum atomic E-state index is 12.6. The molecule has 0 radical (unpaired) electrons. The molecule has 98 valence electrons. The zero-order valence-corrected chi connectivity index (χ0v) is 10.6. The van der Waals surface area contributed by atoms with Gasteiger partial charge in [0.05, 0.1) is 6.04 Å². The summed E-state index contributed by atoms with van der Waals surface area (Å²) in [6.45, 7) is 0.897. The molecular weight excluding hydrogens is 226 g/mol. The lowest BCUT2D eigenvalue weighted by Gasteiger charge is -2.27. The van der Waals surface area contributed by atoms with Crippen LogP contribution in [0.25, 0.3) is 0 Å². The zero-order chi connectivity index (χ0) is 12.5. The number of aromatic nitrogens is 1. The fourth-order valence-electron chi connectivity index (χ4n) is 3.38. The molecule has 0 aromatic carbocycles. The quantitative estimate of drug-likeness (QED) is 0.837. The van der Waals surface area contributed by atoms with E-state index in [9.17, 15) is 4.79 Å². The van der Waals surface area contributed by atoms with Crippen LogP contribution in [0, 0.1) is 5.92 Å². The number of carbonyl (C=O) groups is 1. The largest absolute Gasteiger partial charge is 0.363 e. The Morgan fingerprint density at radius 3 is 2.94 bits per heavy atom. The molecule has 0 spiro atoms. The molecule has 1 amide bonds. The molecule has 3 N–H and O–H groups in total. The molecular formula is C14H21N3O. The summed E-state index contributed by atoms with van der Waals surface area (Å²) in [6.07, 6.45) is 6.94. The number of nitrogens with two attached hydrogens (primary N) is 1. The summed E-state index contributed by atoms with van der Waals surface area (Å²) in [5.41, 5.74) is 7.08. The van der Waals surface area contributed by atoms with Crippen molar-refractivity contribution in [3.8, 4) is 0 Å². The molecule has 3 atom stereocenters. The maximum absolute atomic E-state index is 12.6. The first-order chi connectivity index (χ1) is 8.75. The zero-order valence-electron chi connectivity index (χ0n) is 10.6. The van der Waals surface area contributed by atoms with Crippen molar-refractivity contribution in [1.29, 1.82) is 0 Å². The lowest BCUT2D eigenvalue weighted by Crippen LogP contribution is -2.35. The molecule has 2 heterocycles. The predicted molar refractivity (Wildman–Crippen MR) is 69.8 cm³/mol. The third-order valence-electron chi connectivity index (χ3n) is 4.34. The van der Waals surface area contributed by atoms with Crippen LogP contribution in [0.1, 0.15) is 43.8 Å². The molecule has 2 fully saturated rings. The van der Waals surface area contributed by atoms with Crippen LogP contribution in [-0.4, -0.2) is 28.4 Å². The molecule has 3 unspecified atom stereocenters. The number of hydrogen-bond acceptors (Lipinski definition) is 2. The number of nitrogens with one attached hydrogen (secondary N) is 1. The van der Waals surface area contributed by atoms with Crippen LogP contribution in [0.15, 0.2) is 18.3 Å². The molecule has 1 saturated carbocycles. The van der Waals surface area contributed by atoms with Gasteiger partial charge in [-0.3, -0.25) is 4.79 Å². The van der Waals surface area contributed by atoms with Gasteiger partial charge in [-0.05, 0) is 44.2 Å². The first-order valence-corrected chi connectivity index (χ1v) is 6.95. The summed E-state index contributed by atoms with van der Waals surface area (Å²) in [5, 5.41) is 0. The molecule has 1 aliphatic heterocycles. The maximum Gasteiger partial charge on any atom is 0.226 e. The molecule has 2 aliphatic rings. The number of hydrogen-bond donors (Lipinski definition) is 2. The van der Waals surface area contributed by atoms with Crippen LogP contribution in [0.5, 0.6) is 0 Å². The minimum Gasteiger partial charge on any atom is -0.363 e. The lowest BCUT2D eigenvalue weighted by molar-refractivity contribution is -0.136. The van der Waals surface area contributed by atoms with Crippen molar-refractivity contribution in [2.45, 2.75) is 44.2 Å². The van der Waals surface area contributed by atoms with Crippen molar-refractivity contribution in [2.24, 2.45) is 11.7 Å². The van der Waals surface area contributed by atoms with Crippen LogP contribution in [-0.2, 0) is 4.79 Å². The van der Waals surface area contributed by atoms with E-state index < -0.39 is 0 Å². The third-order valence-corrected chi connectivity index (χ3v) is 4.34. The first-order valence-electron chi connectivity index (χ1n) is 6.95. The second kappa shape index (κ2) is 4.76. The van der Waals surface area contributed by atoms with Gasteiger partial charge in [-0.1, -0.05) is 0 Å². The Morgan fingerprint density at radius 2 is 2.28 bits per heavy atom. The number of aromatic amines is 1. The number of rotatable bonds is 2. The van der Waals surface area contributed by atoms with Gasteiger partial charge in [0.15, 0.2) is 0 Å². The number of H-pyrrole nitrogens is 1. The number of likely N-dealkylation sites (tertiary alicyclic amines) is 1. The summed E-state index contributed by atoms with van der Waals surface area (Å²) >= 11 is 0. The first kappa shape index (κ1) is 11.8. The van der Waals surface area contributed by atoms with E-state index >= 15 is 0 Å². The van der Waals surface area contributed by atoms with Crippen molar-refractivity contribution < 1.29 is 4.79 Å². The highest BCUT2D eigenvalue weighted by Crippen LogP contribution is 2.35. The molecule has 4 nitrogen and oxygen atoms in total. The predicted octanol–water partition coefficient (Wildman–Crippen LogP) is 1.81. The second-order valence-corrected chi connectivity index (χ2v) is 5.59. The minimum absolute atomic E-state index is 0.163. The number of carbonyl (C=O) groups excluding carboxylic acids is 1. The Kier molecular flexibility index (Phi) is 3.12. The third kappa shape index (κ3) is 2.05. The standard InChI is InChI=1S/C14H21N3O/c15-11-6-5-10(9-11)14(18)17-8-2-4-13(17)12-3-1-7-16-12/h1,3,7,10-11,13,16H,2,4-6,8-9,15H2. The molecule has 3 rings (SSSR count). The Morgan fingerprint density at radius 1 is 1.39 bits per heavy atom. The highest BCUT2D eigenvalue weighted by atomic mass is 16.2. The van der Waals surface area contributed by atoms with Crippen molar-refractivity contribution in [1.82, 2.24) is 9.88 Å². The van der Waals surface area contributed by atoms with Gasteiger partial charge in [-0.15, -0.1) is 0 Å².